The molecule has 0 aliphatic carbocycles. The van der Waals surface area contributed by atoms with Gasteiger partial charge in [0.15, 0.2) is 0 Å². The Labute approximate surface area is 162 Å². The molecule has 0 saturated heterocycles. The van der Waals surface area contributed by atoms with Crippen LogP contribution < -0.4 is 0 Å². The quantitative estimate of drug-likeness (QED) is 0.146. The van der Waals surface area contributed by atoms with Gasteiger partial charge in [-0.15, -0.1) is 0 Å². The third-order valence-electron chi connectivity index (χ3n) is 4.20. The fourth-order valence-corrected chi connectivity index (χ4v) is 2.79. The Morgan fingerprint density at radius 1 is 0.760 bits per heavy atom. The number of unbranched alkanes of at least 4 members (excludes halogenated alkanes) is 14. The molecule has 0 aromatic rings. The zero-order valence-corrected chi connectivity index (χ0v) is 17.3. The first-order valence-corrected chi connectivity index (χ1v) is 10.7. The van der Waals surface area contributed by atoms with Crippen molar-refractivity contribution < 1.29 is 9.53 Å². The summed E-state index contributed by atoms with van der Waals surface area (Å²) in [6.45, 7) is 8.78. The lowest BCUT2D eigenvalue weighted by molar-refractivity contribution is -0.138. The number of hydrogen-bond acceptors (Lipinski definition) is 2. The van der Waals surface area contributed by atoms with Crippen LogP contribution in [0, 0.1) is 0 Å². The molecular formula is C22H41ClO2. The highest BCUT2D eigenvalue weighted by Crippen LogP contribution is 2.13. The van der Waals surface area contributed by atoms with Gasteiger partial charge in [-0.3, -0.25) is 4.79 Å². The number of hydrogen-bond donors (Lipinski definition) is 0. The Hall–Kier alpha value is -0.760. The highest BCUT2D eigenvalue weighted by Gasteiger charge is 2.00. The van der Waals surface area contributed by atoms with Crippen molar-refractivity contribution in [1.29, 1.82) is 0 Å². The molecule has 0 aromatic heterocycles. The van der Waals surface area contributed by atoms with Crippen LogP contribution in [0.4, 0.5) is 0 Å². The molecule has 0 aliphatic rings. The lowest BCUT2D eigenvalue weighted by Gasteiger charge is -2.03. The second-order valence-electron chi connectivity index (χ2n) is 6.51. The van der Waals surface area contributed by atoms with Crippen LogP contribution >= 0.6 is 11.6 Å². The van der Waals surface area contributed by atoms with Crippen molar-refractivity contribution in [3.05, 3.63) is 25.0 Å². The molecule has 3 heteroatoms. The van der Waals surface area contributed by atoms with Crippen LogP contribution in [0.3, 0.4) is 0 Å². The lowest BCUT2D eigenvalue weighted by Crippen LogP contribution is -1.98. The van der Waals surface area contributed by atoms with Crippen LogP contribution in [0.5, 0.6) is 0 Å². The van der Waals surface area contributed by atoms with Gasteiger partial charge < -0.3 is 4.74 Å². The average Bonchev–Trinajstić information content (AvgIpc) is 2.59. The van der Waals surface area contributed by atoms with Gasteiger partial charge in [-0.25, -0.2) is 0 Å². The van der Waals surface area contributed by atoms with E-state index in [1.807, 2.05) is 0 Å². The maximum atomic E-state index is 11.1. The first kappa shape index (κ1) is 26.5. The van der Waals surface area contributed by atoms with Gasteiger partial charge in [-0.05, 0) is 12.0 Å². The summed E-state index contributed by atoms with van der Waals surface area (Å²) in [6, 6.07) is 0. The van der Waals surface area contributed by atoms with Crippen molar-refractivity contribution in [2.45, 2.75) is 110 Å². The molecule has 0 atom stereocenters. The molecule has 148 valence electrons. The number of carbonyl (C=O) groups is 1. The van der Waals surface area contributed by atoms with Crippen molar-refractivity contribution in [3.8, 4) is 0 Å². The van der Waals surface area contributed by atoms with Gasteiger partial charge in [-0.1, -0.05) is 122 Å². The standard InChI is InChI=1S/C20H38O2.C2H3Cl/c1-3-5-6-7-8-9-10-11-12-13-14-15-16-17-18-19-20(21)22-4-2;1-2-3/h4H,2-3,5-19H2,1H3;2H,1H2. The fourth-order valence-electron chi connectivity index (χ4n) is 2.79. The van der Waals surface area contributed by atoms with Crippen LogP contribution in [0.2, 0.25) is 0 Å². The van der Waals surface area contributed by atoms with Crippen molar-refractivity contribution in [2.75, 3.05) is 0 Å². The smallest absolute Gasteiger partial charge is 0.310 e. The number of carbonyl (C=O) groups excluding carboxylic acids is 1. The van der Waals surface area contributed by atoms with Gasteiger partial charge in [0, 0.05) is 6.42 Å². The van der Waals surface area contributed by atoms with Crippen LogP contribution in [0.25, 0.3) is 0 Å². The van der Waals surface area contributed by atoms with E-state index in [9.17, 15) is 4.79 Å². The molecule has 0 fully saturated rings. The van der Waals surface area contributed by atoms with E-state index in [0.717, 1.165) is 12.8 Å². The van der Waals surface area contributed by atoms with E-state index < -0.39 is 0 Å². The zero-order valence-electron chi connectivity index (χ0n) is 16.6. The minimum Gasteiger partial charge on any atom is -0.435 e. The largest absolute Gasteiger partial charge is 0.435 e. The van der Waals surface area contributed by atoms with Crippen LogP contribution in [0.15, 0.2) is 25.0 Å². The van der Waals surface area contributed by atoms with E-state index in [4.69, 9.17) is 11.6 Å². The minimum atomic E-state index is -0.148. The lowest BCUT2D eigenvalue weighted by atomic mass is 10.0. The van der Waals surface area contributed by atoms with Gasteiger partial charge >= 0.3 is 5.97 Å². The normalized spacial score (nSPS) is 9.84. The predicted molar refractivity (Wildman–Crippen MR) is 112 cm³/mol. The molecular weight excluding hydrogens is 332 g/mol. The Balaban J connectivity index is 0. The van der Waals surface area contributed by atoms with Crippen molar-refractivity contribution in [1.82, 2.24) is 0 Å². The van der Waals surface area contributed by atoms with E-state index >= 15 is 0 Å². The van der Waals surface area contributed by atoms with E-state index in [1.54, 1.807) is 0 Å². The molecule has 0 unspecified atom stereocenters. The molecule has 0 saturated carbocycles. The summed E-state index contributed by atoms with van der Waals surface area (Å²) in [5, 5.41) is 0. The molecule has 0 spiro atoms. The van der Waals surface area contributed by atoms with Gasteiger partial charge in [0.1, 0.15) is 0 Å². The number of ether oxygens (including phenoxy) is 1. The molecule has 0 amide bonds. The summed E-state index contributed by atoms with van der Waals surface area (Å²) in [5.41, 5.74) is 1.22. The second-order valence-corrected chi connectivity index (χ2v) is 6.82. The SMILES string of the molecule is C=CCl.C=COC(=O)CCCCCCCCCCCCCCCCC. The van der Waals surface area contributed by atoms with Crippen molar-refractivity contribution in [2.24, 2.45) is 0 Å². The third kappa shape index (κ3) is 28.3. The molecule has 2 nitrogen and oxygen atoms in total. The summed E-state index contributed by atoms with van der Waals surface area (Å²) in [7, 11) is 0. The van der Waals surface area contributed by atoms with E-state index in [1.165, 1.54) is 95.3 Å². The molecule has 0 radical (unpaired) electrons. The topological polar surface area (TPSA) is 26.3 Å². The second kappa shape index (κ2) is 25.5. The first-order valence-electron chi connectivity index (χ1n) is 10.2. The van der Waals surface area contributed by atoms with E-state index in [2.05, 4.69) is 24.8 Å². The van der Waals surface area contributed by atoms with Gasteiger partial charge in [0.05, 0.1) is 6.26 Å². The minimum absolute atomic E-state index is 0.148. The third-order valence-corrected chi connectivity index (χ3v) is 4.20. The Morgan fingerprint density at radius 3 is 1.40 bits per heavy atom. The maximum Gasteiger partial charge on any atom is 0.310 e. The monoisotopic (exact) mass is 372 g/mol. The fraction of sp³-hybridized carbons (Fsp3) is 0.773. The molecule has 0 aromatic carbocycles. The summed E-state index contributed by atoms with van der Waals surface area (Å²) in [4.78, 5) is 11.1. The molecule has 0 aliphatic heterocycles. The zero-order chi connectivity index (χ0) is 19.0. The molecule has 25 heavy (non-hydrogen) atoms. The Bertz CT molecular complexity index is 290. The van der Waals surface area contributed by atoms with E-state index in [0.29, 0.717) is 6.42 Å². The van der Waals surface area contributed by atoms with Crippen molar-refractivity contribution >= 4 is 17.6 Å². The highest BCUT2D eigenvalue weighted by molar-refractivity contribution is 6.25. The summed E-state index contributed by atoms with van der Waals surface area (Å²) in [6.07, 6.45) is 21.9. The number of halogens is 1. The summed E-state index contributed by atoms with van der Waals surface area (Å²) in [5.74, 6) is -0.148. The molecule has 0 bridgehead atoms. The summed E-state index contributed by atoms with van der Waals surface area (Å²) < 4.78 is 4.69. The van der Waals surface area contributed by atoms with Crippen molar-refractivity contribution in [3.63, 3.8) is 0 Å². The predicted octanol–water partition coefficient (Wildman–Crippen LogP) is 8.30. The maximum absolute atomic E-state index is 11.1. The van der Waals surface area contributed by atoms with Crippen LogP contribution in [0.1, 0.15) is 110 Å². The molecule has 0 rings (SSSR count). The van der Waals surface area contributed by atoms with Gasteiger partial charge in [0.2, 0.25) is 0 Å². The summed E-state index contributed by atoms with van der Waals surface area (Å²) >= 11 is 4.76. The van der Waals surface area contributed by atoms with E-state index in [-0.39, 0.29) is 5.97 Å². The Kier molecular flexibility index (Phi) is 27.0. The number of esters is 1. The highest BCUT2D eigenvalue weighted by atomic mass is 35.5. The van der Waals surface area contributed by atoms with Crippen LogP contribution in [-0.2, 0) is 9.53 Å². The Morgan fingerprint density at radius 2 is 1.08 bits per heavy atom. The van der Waals surface area contributed by atoms with Gasteiger partial charge in [0.25, 0.3) is 0 Å². The van der Waals surface area contributed by atoms with Gasteiger partial charge in [-0.2, -0.15) is 0 Å². The first-order chi connectivity index (χ1) is 12.2. The average molecular weight is 373 g/mol. The molecule has 0 N–H and O–H groups in total. The molecule has 0 heterocycles. The van der Waals surface area contributed by atoms with Crippen LogP contribution in [-0.4, -0.2) is 5.97 Å². The number of rotatable bonds is 17.